The van der Waals surface area contributed by atoms with E-state index in [1.807, 2.05) is 51.1 Å². The van der Waals surface area contributed by atoms with Gasteiger partial charge < -0.3 is 25.1 Å². The van der Waals surface area contributed by atoms with Gasteiger partial charge in [-0.25, -0.2) is 14.5 Å². The monoisotopic (exact) mass is 571 g/mol. The van der Waals surface area contributed by atoms with Gasteiger partial charge in [-0.15, -0.1) is 5.10 Å². The predicted molar refractivity (Wildman–Crippen MR) is 154 cm³/mol. The molecule has 1 aromatic carbocycles. The Morgan fingerprint density at radius 1 is 1.07 bits per heavy atom. The number of fused-ring (bicyclic) bond motifs is 3. The number of furan rings is 1. The first-order valence-electron chi connectivity index (χ1n) is 13.8. The van der Waals surface area contributed by atoms with Crippen LogP contribution in [0.15, 0.2) is 59.3 Å². The number of ether oxygens (including phenoxy) is 1. The summed E-state index contributed by atoms with van der Waals surface area (Å²) in [5.41, 5.74) is 5.92. The minimum Gasteiger partial charge on any atom is -0.461 e. The summed E-state index contributed by atoms with van der Waals surface area (Å²) >= 11 is 0. The van der Waals surface area contributed by atoms with Crippen LogP contribution in [0.2, 0.25) is 0 Å². The van der Waals surface area contributed by atoms with Crippen molar-refractivity contribution < 1.29 is 18.7 Å². The Kier molecular flexibility index (Phi) is 6.59. The summed E-state index contributed by atoms with van der Waals surface area (Å²) in [5, 5.41) is 12.9. The van der Waals surface area contributed by atoms with Crippen molar-refractivity contribution in [3.05, 3.63) is 60.5 Å². The van der Waals surface area contributed by atoms with Gasteiger partial charge in [0.2, 0.25) is 11.8 Å². The minimum absolute atomic E-state index is 0.0839. The van der Waals surface area contributed by atoms with Crippen LogP contribution in [-0.4, -0.2) is 71.0 Å². The molecule has 1 aliphatic heterocycles. The number of hydrogen-bond donors (Lipinski definition) is 2. The number of hydrogen-bond acceptors (Lipinski definition) is 9. The number of nitrogen functional groups attached to an aromatic ring is 1. The van der Waals surface area contributed by atoms with E-state index in [-0.39, 0.29) is 17.9 Å². The number of rotatable bonds is 5. The van der Waals surface area contributed by atoms with Gasteiger partial charge in [0.1, 0.15) is 5.60 Å². The molecule has 2 amide bonds. The van der Waals surface area contributed by atoms with Gasteiger partial charge in [-0.05, 0) is 58.2 Å². The van der Waals surface area contributed by atoms with Crippen molar-refractivity contribution in [1.29, 1.82) is 0 Å². The Bertz CT molecular complexity index is 1750. The van der Waals surface area contributed by atoms with E-state index < -0.39 is 17.2 Å². The lowest BCUT2D eigenvalue weighted by atomic mass is 9.90. The molecule has 2 atom stereocenters. The van der Waals surface area contributed by atoms with Crippen LogP contribution in [-0.2, 0) is 15.1 Å². The van der Waals surface area contributed by atoms with Crippen LogP contribution in [0.5, 0.6) is 0 Å². The molecular formula is C29H33N9O4. The second-order valence-corrected chi connectivity index (χ2v) is 11.6. The van der Waals surface area contributed by atoms with Gasteiger partial charge in [0.15, 0.2) is 22.6 Å². The van der Waals surface area contributed by atoms with Crippen molar-refractivity contribution in [3.63, 3.8) is 0 Å². The highest BCUT2D eigenvalue weighted by atomic mass is 16.6. The lowest BCUT2D eigenvalue weighted by molar-refractivity contribution is -0.128. The number of carbonyl (C=O) groups excluding carboxylic acids is 2. The molecule has 3 N–H and O–H groups in total. The second kappa shape index (κ2) is 10.2. The Labute approximate surface area is 241 Å². The number of likely N-dealkylation sites (tertiary alicyclic amines) is 1. The van der Waals surface area contributed by atoms with Crippen molar-refractivity contribution in [2.24, 2.45) is 0 Å². The number of piperidine rings is 1. The Hall–Kier alpha value is -4.94. The van der Waals surface area contributed by atoms with Crippen LogP contribution in [0, 0.1) is 0 Å². The number of anilines is 1. The van der Waals surface area contributed by atoms with Gasteiger partial charge in [0.25, 0.3) is 5.91 Å². The van der Waals surface area contributed by atoms with Crippen LogP contribution in [0.25, 0.3) is 28.3 Å². The first-order valence-corrected chi connectivity index (χ1v) is 13.8. The zero-order valence-electron chi connectivity index (χ0n) is 23.9. The standard InChI is InChI=1S/C29H33N9O4/c1-28(2,3)42-27(40)36-14-8-12-19(17-36)32-25(39)29(4,18-10-6-5-7-11-18)38-24-20(16-31-38)23-33-22(21-13-9-15-41-21)35-37(23)26(30)34-24/h5-7,9-11,13,15-16,19H,8,12,14,17H2,1-4H3,(H2,30,34)(H,32,39)/t19-,29?/m0/s1. The van der Waals surface area contributed by atoms with Gasteiger partial charge in [0.05, 0.1) is 17.8 Å². The summed E-state index contributed by atoms with van der Waals surface area (Å²) in [7, 11) is 0. The molecule has 5 heterocycles. The van der Waals surface area contributed by atoms with E-state index >= 15 is 0 Å². The maximum absolute atomic E-state index is 14.3. The molecular weight excluding hydrogens is 538 g/mol. The Morgan fingerprint density at radius 2 is 1.86 bits per heavy atom. The molecule has 218 valence electrons. The third kappa shape index (κ3) is 4.80. The van der Waals surface area contributed by atoms with Crippen LogP contribution < -0.4 is 11.1 Å². The maximum Gasteiger partial charge on any atom is 0.410 e. The van der Waals surface area contributed by atoms with Crippen LogP contribution in [0.4, 0.5) is 10.7 Å². The first-order chi connectivity index (χ1) is 20.0. The molecule has 1 saturated heterocycles. The van der Waals surface area contributed by atoms with Crippen molar-refractivity contribution in [2.45, 2.75) is 57.7 Å². The molecule has 1 unspecified atom stereocenters. The Morgan fingerprint density at radius 3 is 2.57 bits per heavy atom. The van der Waals surface area contributed by atoms with Gasteiger partial charge in [-0.1, -0.05) is 30.3 Å². The van der Waals surface area contributed by atoms with Gasteiger partial charge in [-0.2, -0.15) is 14.6 Å². The van der Waals surface area contributed by atoms with Crippen LogP contribution in [0.3, 0.4) is 0 Å². The largest absolute Gasteiger partial charge is 0.461 e. The van der Waals surface area contributed by atoms with Crippen LogP contribution >= 0.6 is 0 Å². The lowest BCUT2D eigenvalue weighted by Crippen LogP contribution is -2.56. The molecule has 6 rings (SSSR count). The SMILES string of the molecule is CC(C)(C)OC(=O)N1CCC[C@H](NC(=O)C(C)(c2ccccc2)n2ncc3c2nc(N)n2nc(-c4ccco4)nc32)C1. The fraction of sp³-hybridized carbons (Fsp3) is 0.379. The smallest absolute Gasteiger partial charge is 0.410 e. The molecule has 0 aliphatic carbocycles. The molecule has 1 fully saturated rings. The lowest BCUT2D eigenvalue weighted by Gasteiger charge is -2.37. The molecule has 42 heavy (non-hydrogen) atoms. The summed E-state index contributed by atoms with van der Waals surface area (Å²) in [6, 6.07) is 12.6. The first kappa shape index (κ1) is 27.2. The van der Waals surface area contributed by atoms with E-state index in [1.54, 1.807) is 41.1 Å². The number of nitrogens with one attached hydrogen (secondary N) is 1. The molecule has 1 aliphatic rings. The highest BCUT2D eigenvalue weighted by molar-refractivity contribution is 5.94. The van der Waals surface area contributed by atoms with Crippen molar-refractivity contribution in [3.8, 4) is 11.6 Å². The predicted octanol–water partition coefficient (Wildman–Crippen LogP) is 3.60. The quantitative estimate of drug-likeness (QED) is 0.321. The van der Waals surface area contributed by atoms with E-state index in [0.29, 0.717) is 46.9 Å². The maximum atomic E-state index is 14.3. The summed E-state index contributed by atoms with van der Waals surface area (Å²) in [5.74, 6) is 0.623. The zero-order valence-corrected chi connectivity index (χ0v) is 23.9. The zero-order chi connectivity index (χ0) is 29.6. The van der Waals surface area contributed by atoms with E-state index in [2.05, 4.69) is 25.5 Å². The average Bonchev–Trinajstić information content (AvgIpc) is 3.72. The third-order valence-corrected chi connectivity index (χ3v) is 7.38. The highest BCUT2D eigenvalue weighted by Crippen LogP contribution is 2.32. The molecule has 13 nitrogen and oxygen atoms in total. The number of benzene rings is 1. The second-order valence-electron chi connectivity index (χ2n) is 11.6. The summed E-state index contributed by atoms with van der Waals surface area (Å²) in [6.45, 7) is 8.20. The Balaban J connectivity index is 1.38. The summed E-state index contributed by atoms with van der Waals surface area (Å²) in [4.78, 5) is 37.9. The number of nitrogens with two attached hydrogens (primary N) is 1. The fourth-order valence-electron chi connectivity index (χ4n) is 5.27. The molecule has 0 saturated carbocycles. The molecule has 0 bridgehead atoms. The molecule has 5 aromatic rings. The third-order valence-electron chi connectivity index (χ3n) is 7.38. The van der Waals surface area contributed by atoms with Crippen LogP contribution in [0.1, 0.15) is 46.1 Å². The minimum atomic E-state index is -1.32. The molecule has 0 spiro atoms. The van der Waals surface area contributed by atoms with Crippen molar-refractivity contribution in [2.75, 3.05) is 18.8 Å². The van der Waals surface area contributed by atoms with Gasteiger partial charge >= 0.3 is 6.09 Å². The van der Waals surface area contributed by atoms with E-state index in [4.69, 9.17) is 14.9 Å². The normalized spacial score (nSPS) is 17.3. The molecule has 4 aromatic heterocycles. The summed E-state index contributed by atoms with van der Waals surface area (Å²) in [6.07, 6.45) is 4.21. The molecule has 13 heteroatoms. The van der Waals surface area contributed by atoms with Gasteiger partial charge in [0, 0.05) is 19.1 Å². The van der Waals surface area contributed by atoms with Gasteiger partial charge in [-0.3, -0.25) is 4.79 Å². The van der Waals surface area contributed by atoms with E-state index in [9.17, 15) is 9.59 Å². The van der Waals surface area contributed by atoms with Crippen molar-refractivity contribution in [1.82, 2.24) is 39.6 Å². The van der Waals surface area contributed by atoms with E-state index in [0.717, 1.165) is 12.8 Å². The number of aromatic nitrogens is 6. The number of nitrogens with zero attached hydrogens (tertiary/aromatic N) is 7. The highest BCUT2D eigenvalue weighted by Gasteiger charge is 2.42. The number of carbonyl (C=O) groups is 2. The van der Waals surface area contributed by atoms with Crippen molar-refractivity contribution >= 4 is 34.6 Å². The van der Waals surface area contributed by atoms with E-state index in [1.165, 1.54) is 4.52 Å². The number of amides is 2. The summed E-state index contributed by atoms with van der Waals surface area (Å²) < 4.78 is 14.0. The fourth-order valence-corrected chi connectivity index (χ4v) is 5.27. The topological polar surface area (TPSA) is 159 Å². The molecule has 0 radical (unpaired) electrons. The average molecular weight is 572 g/mol.